The van der Waals surface area contributed by atoms with E-state index in [0.717, 1.165) is 0 Å². The number of imidazole rings is 1. The smallest absolute Gasteiger partial charge is 0.294 e. The van der Waals surface area contributed by atoms with Gasteiger partial charge in [-0.15, -0.1) is 0 Å². The summed E-state index contributed by atoms with van der Waals surface area (Å²) in [4.78, 5) is 0. The van der Waals surface area contributed by atoms with E-state index in [1.54, 1.807) is 0 Å². The zero-order valence-corrected chi connectivity index (χ0v) is 13.9. The summed E-state index contributed by atoms with van der Waals surface area (Å²) in [6.07, 6.45) is 4.32. The summed E-state index contributed by atoms with van der Waals surface area (Å²) < 4.78 is 4.46. The Morgan fingerprint density at radius 1 is 0.857 bits per heavy atom. The average Bonchev–Trinajstić information content (AvgIpc) is 2.86. The molecular weight excluding hydrogens is 371 g/mol. The molecule has 2 heterocycles. The number of benzene rings is 2. The van der Waals surface area contributed by atoms with Gasteiger partial charge in [0.05, 0.1) is 18.6 Å². The van der Waals surface area contributed by atoms with Crippen molar-refractivity contribution in [2.45, 2.75) is 0 Å². The Labute approximate surface area is 140 Å². The third kappa shape index (κ3) is 2.21. The van der Waals surface area contributed by atoms with Crippen LogP contribution in [0.15, 0.2) is 73.1 Å². The predicted molar refractivity (Wildman–Crippen MR) is 81.5 cm³/mol. The maximum absolute atomic E-state index is 2.26. The van der Waals surface area contributed by atoms with Gasteiger partial charge in [-0.2, -0.15) is 0 Å². The second-order valence-corrected chi connectivity index (χ2v) is 5.07. The first-order valence-corrected chi connectivity index (χ1v) is 6.78. The Morgan fingerprint density at radius 3 is 2.38 bits per heavy atom. The van der Waals surface area contributed by atoms with Gasteiger partial charge in [0.1, 0.15) is 6.20 Å². The molecule has 0 bridgehead atoms. The lowest BCUT2D eigenvalue weighted by Crippen LogP contribution is -3.00. The van der Waals surface area contributed by atoms with Crippen molar-refractivity contribution in [1.29, 1.82) is 0 Å². The number of hydrogen-bond acceptors (Lipinski definition) is 0. The third-order valence-corrected chi connectivity index (χ3v) is 3.87. The first kappa shape index (κ1) is 14.1. The molecule has 0 radical (unpaired) electrons. The van der Waals surface area contributed by atoms with Gasteiger partial charge in [0.15, 0.2) is 5.69 Å². The van der Waals surface area contributed by atoms with Gasteiger partial charge < -0.3 is 24.0 Å². The molecule has 0 spiro atoms. The molecule has 0 saturated heterocycles. The van der Waals surface area contributed by atoms with Gasteiger partial charge in [-0.05, 0) is 17.5 Å². The summed E-state index contributed by atoms with van der Waals surface area (Å²) in [7, 11) is 2.13. The second kappa shape index (κ2) is 5.48. The molecule has 3 heteroatoms. The molecule has 4 aromatic rings. The molecule has 0 aliphatic heterocycles. The lowest BCUT2D eigenvalue weighted by molar-refractivity contribution is -0.509. The number of nitrogens with zero attached hydrogens (tertiary/aromatic N) is 2. The molecule has 21 heavy (non-hydrogen) atoms. The molecule has 104 valence electrons. The number of halogens is 1. The monoisotopic (exact) mass is 386 g/mol. The molecule has 0 atom stereocenters. The summed E-state index contributed by atoms with van der Waals surface area (Å²) in [5, 5.41) is 2.55. The average molecular weight is 386 g/mol. The van der Waals surface area contributed by atoms with Crippen LogP contribution in [0.25, 0.3) is 27.7 Å². The van der Waals surface area contributed by atoms with Gasteiger partial charge in [0.25, 0.3) is 5.65 Å². The van der Waals surface area contributed by atoms with Crippen molar-refractivity contribution in [3.63, 3.8) is 0 Å². The van der Waals surface area contributed by atoms with E-state index in [1.807, 2.05) is 0 Å². The first-order valence-electron chi connectivity index (χ1n) is 6.78. The van der Waals surface area contributed by atoms with E-state index < -0.39 is 0 Å². The van der Waals surface area contributed by atoms with Crippen LogP contribution < -0.4 is 28.4 Å². The maximum atomic E-state index is 2.26. The van der Waals surface area contributed by atoms with E-state index >= 15 is 0 Å². The Morgan fingerprint density at radius 2 is 1.57 bits per heavy atom. The van der Waals surface area contributed by atoms with Crippen molar-refractivity contribution >= 4 is 16.4 Å². The molecular formula is C18H15IN2. The minimum atomic E-state index is 0. The zero-order valence-electron chi connectivity index (χ0n) is 11.7. The Hall–Kier alpha value is -1.88. The molecule has 0 aliphatic rings. The van der Waals surface area contributed by atoms with Crippen LogP contribution in [0.4, 0.5) is 0 Å². The quantitative estimate of drug-likeness (QED) is 0.335. The predicted octanol–water partition coefficient (Wildman–Crippen LogP) is 0.588. The first-order chi connectivity index (χ1) is 9.84. The molecule has 0 amide bonds. The van der Waals surface area contributed by atoms with Crippen LogP contribution in [-0.4, -0.2) is 4.57 Å². The van der Waals surface area contributed by atoms with Crippen LogP contribution >= 0.6 is 0 Å². The summed E-state index contributed by atoms with van der Waals surface area (Å²) >= 11 is 0. The molecule has 2 aromatic carbocycles. The fourth-order valence-electron chi connectivity index (χ4n) is 2.88. The summed E-state index contributed by atoms with van der Waals surface area (Å²) in [6.45, 7) is 0. The van der Waals surface area contributed by atoms with E-state index in [0.29, 0.717) is 0 Å². The molecule has 2 nitrogen and oxygen atoms in total. The highest BCUT2D eigenvalue weighted by Gasteiger charge is 2.17. The standard InChI is InChI=1S/C18H15N2.HI/c1-19-17(15-8-3-2-4-9-15)13-20-12-11-14-7-5-6-10-16(14)18(19)20;/h2-13H,1H3;1H/q+1;/p-1. The second-order valence-electron chi connectivity index (χ2n) is 5.07. The summed E-state index contributed by atoms with van der Waals surface area (Å²) in [5.74, 6) is 0. The minimum absolute atomic E-state index is 0. The molecule has 0 unspecified atom stereocenters. The van der Waals surface area contributed by atoms with E-state index in [-0.39, 0.29) is 24.0 Å². The van der Waals surface area contributed by atoms with Crippen LogP contribution in [0, 0.1) is 0 Å². The van der Waals surface area contributed by atoms with Crippen molar-refractivity contribution in [3.8, 4) is 11.3 Å². The third-order valence-electron chi connectivity index (χ3n) is 3.87. The summed E-state index contributed by atoms with van der Waals surface area (Å²) in [6, 6.07) is 21.2. The van der Waals surface area contributed by atoms with E-state index in [1.165, 1.54) is 27.7 Å². The van der Waals surface area contributed by atoms with Gasteiger partial charge in [-0.3, -0.25) is 0 Å². The summed E-state index contributed by atoms with van der Waals surface area (Å²) in [5.41, 5.74) is 3.69. The Bertz CT molecular complexity index is 910. The van der Waals surface area contributed by atoms with Crippen LogP contribution in [0.2, 0.25) is 0 Å². The highest BCUT2D eigenvalue weighted by atomic mass is 127. The normalized spacial score (nSPS) is 10.7. The Kier molecular flexibility index (Phi) is 3.68. The fourth-order valence-corrected chi connectivity index (χ4v) is 2.88. The Balaban J connectivity index is 0.00000132. The van der Waals surface area contributed by atoms with Crippen molar-refractivity contribution in [1.82, 2.24) is 4.57 Å². The van der Waals surface area contributed by atoms with Gasteiger partial charge in [0.2, 0.25) is 0 Å². The number of pyridine rings is 1. The highest BCUT2D eigenvalue weighted by molar-refractivity contribution is 5.92. The number of aromatic nitrogens is 2. The number of hydrogen-bond donors (Lipinski definition) is 0. The molecule has 4 rings (SSSR count). The molecule has 0 N–H and O–H groups in total. The SMILES string of the molecule is Cn1c(-c2ccccc2)c[n+]2ccc3ccccc3c12.[I-]. The lowest BCUT2D eigenvalue weighted by atomic mass is 10.1. The topological polar surface area (TPSA) is 9.03 Å². The fraction of sp³-hybridized carbons (Fsp3) is 0.0556. The van der Waals surface area contributed by atoms with Crippen LogP contribution in [0.5, 0.6) is 0 Å². The lowest BCUT2D eigenvalue weighted by Gasteiger charge is -1.98. The molecule has 2 aromatic heterocycles. The minimum Gasteiger partial charge on any atom is -1.00 e. The van der Waals surface area contributed by atoms with Crippen molar-refractivity contribution in [2.24, 2.45) is 7.05 Å². The number of aryl methyl sites for hydroxylation is 1. The molecule has 0 saturated carbocycles. The van der Waals surface area contributed by atoms with E-state index in [4.69, 9.17) is 0 Å². The van der Waals surface area contributed by atoms with Gasteiger partial charge in [-0.25, -0.2) is 8.97 Å². The van der Waals surface area contributed by atoms with Crippen molar-refractivity contribution in [3.05, 3.63) is 73.1 Å². The largest absolute Gasteiger partial charge is 1.00 e. The van der Waals surface area contributed by atoms with Gasteiger partial charge >= 0.3 is 0 Å². The van der Waals surface area contributed by atoms with Crippen molar-refractivity contribution in [2.75, 3.05) is 0 Å². The van der Waals surface area contributed by atoms with Gasteiger partial charge in [-0.1, -0.05) is 48.5 Å². The molecule has 0 fully saturated rings. The zero-order chi connectivity index (χ0) is 13.5. The van der Waals surface area contributed by atoms with Gasteiger partial charge in [0, 0.05) is 5.56 Å². The van der Waals surface area contributed by atoms with Crippen LogP contribution in [0.3, 0.4) is 0 Å². The van der Waals surface area contributed by atoms with Crippen LogP contribution in [0.1, 0.15) is 0 Å². The number of rotatable bonds is 1. The van der Waals surface area contributed by atoms with Crippen LogP contribution in [-0.2, 0) is 7.05 Å². The highest BCUT2D eigenvalue weighted by Crippen LogP contribution is 2.23. The number of fused-ring (bicyclic) bond motifs is 3. The maximum Gasteiger partial charge on any atom is 0.294 e. The molecule has 0 aliphatic carbocycles. The van der Waals surface area contributed by atoms with E-state index in [2.05, 4.69) is 89.1 Å². The van der Waals surface area contributed by atoms with Crippen molar-refractivity contribution < 1.29 is 28.4 Å². The van der Waals surface area contributed by atoms with E-state index in [9.17, 15) is 0 Å².